The lowest BCUT2D eigenvalue weighted by Crippen LogP contribution is -2.37. The number of nitrogens with zero attached hydrogens (tertiary/aromatic N) is 1. The summed E-state index contributed by atoms with van der Waals surface area (Å²) < 4.78 is 0. The van der Waals surface area contributed by atoms with E-state index in [9.17, 15) is 0 Å². The first-order valence-corrected chi connectivity index (χ1v) is 6.70. The third-order valence-electron chi connectivity index (χ3n) is 4.22. The van der Waals surface area contributed by atoms with Crippen molar-refractivity contribution in [3.05, 3.63) is 0 Å². The van der Waals surface area contributed by atoms with Gasteiger partial charge in [-0.15, -0.1) is 0 Å². The Kier molecular flexibility index (Phi) is 4.04. The molecule has 0 atom stereocenters. The summed E-state index contributed by atoms with van der Waals surface area (Å²) in [5.74, 6) is 0. The molecular formula is C13H26N2. The van der Waals surface area contributed by atoms with Crippen molar-refractivity contribution < 1.29 is 0 Å². The number of rotatable bonds is 0. The minimum absolute atomic E-state index is 0.674. The molecule has 2 heterocycles. The van der Waals surface area contributed by atoms with Crippen LogP contribution in [0.2, 0.25) is 0 Å². The number of hydrogen-bond donors (Lipinski definition) is 1. The van der Waals surface area contributed by atoms with Crippen LogP contribution in [0.5, 0.6) is 0 Å². The lowest BCUT2D eigenvalue weighted by atomic mass is 9.74. The highest BCUT2D eigenvalue weighted by Gasteiger charge is 2.32. The van der Waals surface area contributed by atoms with Crippen LogP contribution in [-0.2, 0) is 0 Å². The second-order valence-corrected chi connectivity index (χ2v) is 5.65. The lowest BCUT2D eigenvalue weighted by molar-refractivity contribution is 0.144. The van der Waals surface area contributed by atoms with Gasteiger partial charge in [0.25, 0.3) is 0 Å². The Morgan fingerprint density at radius 2 is 1.60 bits per heavy atom. The molecule has 1 spiro atoms. The van der Waals surface area contributed by atoms with E-state index in [1.54, 1.807) is 0 Å². The van der Waals surface area contributed by atoms with Crippen molar-refractivity contribution in [3.8, 4) is 0 Å². The first-order valence-electron chi connectivity index (χ1n) is 6.70. The molecule has 0 saturated carbocycles. The van der Waals surface area contributed by atoms with Gasteiger partial charge in [0.05, 0.1) is 0 Å². The Morgan fingerprint density at radius 3 is 2.33 bits per heavy atom. The largest absolute Gasteiger partial charge is 0.317 e. The normalized spacial score (nSPS) is 29.4. The summed E-state index contributed by atoms with van der Waals surface area (Å²) in [5.41, 5.74) is 0.674. The maximum absolute atomic E-state index is 3.52. The van der Waals surface area contributed by atoms with Crippen molar-refractivity contribution in [2.75, 3.05) is 33.2 Å². The van der Waals surface area contributed by atoms with Gasteiger partial charge in [0, 0.05) is 6.54 Å². The van der Waals surface area contributed by atoms with Gasteiger partial charge in [-0.3, -0.25) is 0 Å². The molecule has 0 unspecified atom stereocenters. The molecule has 2 aliphatic heterocycles. The first-order chi connectivity index (χ1) is 7.31. The lowest BCUT2D eigenvalue weighted by Gasteiger charge is -2.37. The van der Waals surface area contributed by atoms with E-state index in [4.69, 9.17) is 0 Å². The Labute approximate surface area is 94.4 Å². The molecular weight excluding hydrogens is 184 g/mol. The molecule has 2 rings (SSSR count). The quantitative estimate of drug-likeness (QED) is 0.660. The summed E-state index contributed by atoms with van der Waals surface area (Å²) >= 11 is 0. The van der Waals surface area contributed by atoms with Crippen LogP contribution in [0.25, 0.3) is 0 Å². The minimum Gasteiger partial charge on any atom is -0.317 e. The van der Waals surface area contributed by atoms with E-state index in [2.05, 4.69) is 17.3 Å². The van der Waals surface area contributed by atoms with E-state index in [1.807, 2.05) is 0 Å². The van der Waals surface area contributed by atoms with Crippen LogP contribution >= 0.6 is 0 Å². The van der Waals surface area contributed by atoms with Gasteiger partial charge in [0.15, 0.2) is 0 Å². The third-order valence-corrected chi connectivity index (χ3v) is 4.22. The van der Waals surface area contributed by atoms with E-state index in [0.29, 0.717) is 5.41 Å². The maximum Gasteiger partial charge on any atom is 0.00349 e. The van der Waals surface area contributed by atoms with Gasteiger partial charge in [-0.1, -0.05) is 6.42 Å². The average Bonchev–Trinajstić information content (AvgIpc) is 2.36. The molecule has 0 aliphatic carbocycles. The molecule has 2 saturated heterocycles. The zero-order valence-corrected chi connectivity index (χ0v) is 10.2. The van der Waals surface area contributed by atoms with Gasteiger partial charge in [-0.05, 0) is 70.6 Å². The monoisotopic (exact) mass is 210 g/mol. The molecule has 2 heteroatoms. The molecule has 0 aromatic rings. The van der Waals surface area contributed by atoms with Crippen molar-refractivity contribution in [1.29, 1.82) is 0 Å². The van der Waals surface area contributed by atoms with E-state index in [-0.39, 0.29) is 0 Å². The van der Waals surface area contributed by atoms with E-state index in [1.165, 1.54) is 71.1 Å². The summed E-state index contributed by atoms with van der Waals surface area (Å²) in [6, 6.07) is 0. The van der Waals surface area contributed by atoms with Gasteiger partial charge in [-0.25, -0.2) is 0 Å². The van der Waals surface area contributed by atoms with Crippen LogP contribution in [0.4, 0.5) is 0 Å². The highest BCUT2D eigenvalue weighted by atomic mass is 15.1. The van der Waals surface area contributed by atoms with Crippen molar-refractivity contribution in [2.45, 2.75) is 44.9 Å². The Balaban J connectivity index is 1.99. The Morgan fingerprint density at radius 1 is 0.933 bits per heavy atom. The fourth-order valence-corrected chi connectivity index (χ4v) is 3.45. The van der Waals surface area contributed by atoms with Crippen LogP contribution < -0.4 is 5.32 Å². The molecule has 15 heavy (non-hydrogen) atoms. The van der Waals surface area contributed by atoms with Crippen molar-refractivity contribution in [1.82, 2.24) is 10.2 Å². The fraction of sp³-hybridized carbons (Fsp3) is 1.00. The molecule has 0 bridgehead atoms. The summed E-state index contributed by atoms with van der Waals surface area (Å²) in [6.07, 6.45) is 10.0. The standard InChI is InChI=1S/C13H26N2/c1-15-11-3-2-6-13(12-15)7-4-9-14-10-5-8-13/h14H,2-12H2,1H3. The van der Waals surface area contributed by atoms with E-state index in [0.717, 1.165) is 0 Å². The third kappa shape index (κ3) is 3.18. The van der Waals surface area contributed by atoms with E-state index < -0.39 is 0 Å². The summed E-state index contributed by atoms with van der Waals surface area (Å²) in [6.45, 7) is 5.16. The van der Waals surface area contributed by atoms with Gasteiger partial charge in [0.2, 0.25) is 0 Å². The average molecular weight is 210 g/mol. The van der Waals surface area contributed by atoms with Crippen LogP contribution in [0, 0.1) is 5.41 Å². The number of likely N-dealkylation sites (tertiary alicyclic amines) is 1. The minimum atomic E-state index is 0.674. The van der Waals surface area contributed by atoms with Gasteiger partial charge < -0.3 is 10.2 Å². The van der Waals surface area contributed by atoms with Gasteiger partial charge in [-0.2, -0.15) is 0 Å². The highest BCUT2D eigenvalue weighted by Crippen LogP contribution is 2.38. The number of hydrogen-bond acceptors (Lipinski definition) is 2. The van der Waals surface area contributed by atoms with Crippen LogP contribution in [-0.4, -0.2) is 38.1 Å². The molecule has 2 aliphatic rings. The summed E-state index contributed by atoms with van der Waals surface area (Å²) in [5, 5.41) is 3.52. The highest BCUT2D eigenvalue weighted by molar-refractivity contribution is 4.86. The number of nitrogens with one attached hydrogen (secondary N) is 1. The maximum atomic E-state index is 3.52. The predicted molar refractivity (Wildman–Crippen MR) is 65.1 cm³/mol. The second-order valence-electron chi connectivity index (χ2n) is 5.65. The molecule has 88 valence electrons. The predicted octanol–water partition coefficient (Wildman–Crippen LogP) is 2.25. The molecule has 0 radical (unpaired) electrons. The molecule has 2 fully saturated rings. The second kappa shape index (κ2) is 5.31. The Bertz CT molecular complexity index is 183. The van der Waals surface area contributed by atoms with Gasteiger partial charge >= 0.3 is 0 Å². The smallest absolute Gasteiger partial charge is 0.00349 e. The topological polar surface area (TPSA) is 15.3 Å². The Hall–Kier alpha value is -0.0800. The van der Waals surface area contributed by atoms with E-state index >= 15 is 0 Å². The fourth-order valence-electron chi connectivity index (χ4n) is 3.45. The van der Waals surface area contributed by atoms with Crippen LogP contribution in [0.3, 0.4) is 0 Å². The van der Waals surface area contributed by atoms with Gasteiger partial charge in [0.1, 0.15) is 0 Å². The first kappa shape index (κ1) is 11.4. The SMILES string of the molecule is CN1CCCCC2(CCCNCCC2)C1. The van der Waals surface area contributed by atoms with Crippen molar-refractivity contribution in [2.24, 2.45) is 5.41 Å². The summed E-state index contributed by atoms with van der Waals surface area (Å²) in [7, 11) is 2.31. The molecule has 2 nitrogen and oxygen atoms in total. The molecule has 0 amide bonds. The van der Waals surface area contributed by atoms with Crippen LogP contribution in [0.15, 0.2) is 0 Å². The van der Waals surface area contributed by atoms with Crippen molar-refractivity contribution in [3.63, 3.8) is 0 Å². The van der Waals surface area contributed by atoms with Crippen LogP contribution in [0.1, 0.15) is 44.9 Å². The summed E-state index contributed by atoms with van der Waals surface area (Å²) in [4.78, 5) is 2.57. The zero-order valence-electron chi connectivity index (χ0n) is 10.2. The molecule has 0 aromatic carbocycles. The molecule has 0 aromatic heterocycles. The molecule has 1 N–H and O–H groups in total. The van der Waals surface area contributed by atoms with Crippen molar-refractivity contribution >= 4 is 0 Å². The zero-order chi connectivity index (χ0) is 10.6.